The van der Waals surface area contributed by atoms with Gasteiger partial charge in [-0.3, -0.25) is 9.20 Å². The molecule has 0 unspecified atom stereocenters. The zero-order valence-electron chi connectivity index (χ0n) is 15.9. The van der Waals surface area contributed by atoms with Crippen LogP contribution in [0.15, 0.2) is 48.7 Å². The van der Waals surface area contributed by atoms with Crippen molar-refractivity contribution in [3.05, 3.63) is 54.2 Å². The van der Waals surface area contributed by atoms with Crippen LogP contribution in [0.4, 0.5) is 32.2 Å². The lowest BCUT2D eigenvalue weighted by Gasteiger charge is -2.26. The molecular formula is C20H17F6N3O. The highest BCUT2D eigenvalue weighted by Gasteiger charge is 2.48. The molecule has 1 amide bonds. The minimum absolute atomic E-state index is 0.104. The van der Waals surface area contributed by atoms with Crippen LogP contribution in [-0.2, 0) is 11.0 Å². The molecule has 0 saturated heterocycles. The van der Waals surface area contributed by atoms with Crippen LogP contribution in [0.1, 0.15) is 25.8 Å². The molecule has 0 saturated carbocycles. The van der Waals surface area contributed by atoms with E-state index in [1.165, 1.54) is 0 Å². The fourth-order valence-corrected chi connectivity index (χ4v) is 2.85. The largest absolute Gasteiger partial charge is 0.417 e. The number of rotatable bonds is 4. The minimum atomic E-state index is -4.60. The molecule has 1 aromatic carbocycles. The third-order valence-corrected chi connectivity index (χ3v) is 4.62. The van der Waals surface area contributed by atoms with Gasteiger partial charge < -0.3 is 5.32 Å². The van der Waals surface area contributed by atoms with E-state index >= 15 is 0 Å². The second-order valence-electron chi connectivity index (χ2n) is 7.43. The lowest BCUT2D eigenvalue weighted by molar-refractivity contribution is -0.213. The molecule has 160 valence electrons. The second-order valence-corrected chi connectivity index (χ2v) is 7.43. The van der Waals surface area contributed by atoms with E-state index in [0.717, 1.165) is 36.6 Å². The number of carbonyl (C=O) groups is 1. The maximum atomic E-state index is 13.2. The van der Waals surface area contributed by atoms with Gasteiger partial charge in [-0.25, -0.2) is 4.98 Å². The van der Waals surface area contributed by atoms with Crippen LogP contribution in [0.25, 0.3) is 16.9 Å². The fourth-order valence-electron chi connectivity index (χ4n) is 2.85. The van der Waals surface area contributed by atoms with E-state index in [2.05, 4.69) is 10.3 Å². The molecule has 0 atom stereocenters. The van der Waals surface area contributed by atoms with Crippen molar-refractivity contribution in [1.29, 1.82) is 0 Å². The number of hydrogen-bond donors (Lipinski definition) is 1. The van der Waals surface area contributed by atoms with Crippen LogP contribution in [0.2, 0.25) is 0 Å². The molecule has 1 N–H and O–H groups in total. The van der Waals surface area contributed by atoms with Crippen LogP contribution in [-0.4, -0.2) is 21.5 Å². The number of alkyl halides is 6. The molecule has 4 nitrogen and oxygen atoms in total. The Kier molecular flexibility index (Phi) is 5.30. The van der Waals surface area contributed by atoms with Crippen molar-refractivity contribution >= 4 is 17.4 Å². The van der Waals surface area contributed by atoms with Crippen LogP contribution in [0.5, 0.6) is 0 Å². The number of nitrogens with zero attached hydrogens (tertiary/aromatic N) is 2. The van der Waals surface area contributed by atoms with E-state index < -0.39 is 35.7 Å². The quantitative estimate of drug-likeness (QED) is 0.522. The molecule has 3 rings (SSSR count). The van der Waals surface area contributed by atoms with E-state index in [9.17, 15) is 31.1 Å². The van der Waals surface area contributed by atoms with Gasteiger partial charge in [-0.2, -0.15) is 26.3 Å². The summed E-state index contributed by atoms with van der Waals surface area (Å²) in [5.74, 6) is -1.07. The van der Waals surface area contributed by atoms with E-state index in [1.54, 1.807) is 30.3 Å². The van der Waals surface area contributed by atoms with Crippen molar-refractivity contribution in [2.75, 3.05) is 5.32 Å². The monoisotopic (exact) mass is 429 g/mol. The average Bonchev–Trinajstić information content (AvgIpc) is 2.96. The number of imidazole rings is 1. The Labute approximate surface area is 167 Å². The molecule has 2 heterocycles. The van der Waals surface area contributed by atoms with Crippen molar-refractivity contribution in [1.82, 2.24) is 9.38 Å². The average molecular weight is 429 g/mol. The summed E-state index contributed by atoms with van der Waals surface area (Å²) >= 11 is 0. The van der Waals surface area contributed by atoms with Gasteiger partial charge in [-0.05, 0) is 12.1 Å². The van der Waals surface area contributed by atoms with Gasteiger partial charge in [-0.1, -0.05) is 44.2 Å². The van der Waals surface area contributed by atoms with E-state index in [-0.39, 0.29) is 17.2 Å². The van der Waals surface area contributed by atoms with Gasteiger partial charge >= 0.3 is 12.4 Å². The first-order valence-corrected chi connectivity index (χ1v) is 8.81. The van der Waals surface area contributed by atoms with E-state index in [1.807, 2.05) is 0 Å². The number of anilines is 1. The zero-order valence-corrected chi connectivity index (χ0v) is 15.9. The summed E-state index contributed by atoms with van der Waals surface area (Å²) in [6.07, 6.45) is -9.24. The smallest absolute Gasteiger partial charge is 0.309 e. The van der Waals surface area contributed by atoms with E-state index in [0.29, 0.717) is 5.56 Å². The normalized spacial score (nSPS) is 12.9. The van der Waals surface area contributed by atoms with Crippen molar-refractivity contribution in [2.45, 2.75) is 32.6 Å². The maximum Gasteiger partial charge on any atom is 0.417 e. The van der Waals surface area contributed by atoms with Gasteiger partial charge in [0.25, 0.3) is 0 Å². The SMILES string of the molecule is CC(C)(CC(=O)Nc1nc2ccc(C(F)(F)F)cn2c1-c1ccccc1)C(F)(F)F. The number of halogens is 6. The summed E-state index contributed by atoms with van der Waals surface area (Å²) in [7, 11) is 0. The summed E-state index contributed by atoms with van der Waals surface area (Å²) < 4.78 is 79.9. The van der Waals surface area contributed by atoms with E-state index in [4.69, 9.17) is 0 Å². The first-order valence-electron chi connectivity index (χ1n) is 8.81. The van der Waals surface area contributed by atoms with Gasteiger partial charge in [-0.15, -0.1) is 0 Å². The molecular weight excluding hydrogens is 412 g/mol. The Morgan fingerprint density at radius 3 is 2.20 bits per heavy atom. The topological polar surface area (TPSA) is 46.4 Å². The fraction of sp³-hybridized carbons (Fsp3) is 0.300. The van der Waals surface area contributed by atoms with Crippen LogP contribution in [0, 0.1) is 5.41 Å². The standard InChI is InChI=1S/C20H17F6N3O/c1-18(2,20(24,25)26)10-15(30)28-17-16(12-6-4-3-5-7-12)29-11-13(19(21,22)23)8-9-14(29)27-17/h3-9,11H,10H2,1-2H3,(H,28,30). The summed E-state index contributed by atoms with van der Waals surface area (Å²) in [5.41, 5.74) is -2.54. The van der Waals surface area contributed by atoms with Gasteiger partial charge in [0.1, 0.15) is 5.65 Å². The highest BCUT2D eigenvalue weighted by atomic mass is 19.4. The Bertz CT molecular complexity index is 1070. The molecule has 0 spiro atoms. The predicted octanol–water partition coefficient (Wildman–Crippen LogP) is 5.94. The number of fused-ring (bicyclic) bond motifs is 1. The number of benzene rings is 1. The molecule has 2 aromatic heterocycles. The number of nitrogens with one attached hydrogen (secondary N) is 1. The van der Waals surface area contributed by atoms with Gasteiger partial charge in [0.15, 0.2) is 5.82 Å². The van der Waals surface area contributed by atoms with Gasteiger partial charge in [0, 0.05) is 18.2 Å². The molecule has 30 heavy (non-hydrogen) atoms. The van der Waals surface area contributed by atoms with Gasteiger partial charge in [0.2, 0.25) is 5.91 Å². The number of carbonyl (C=O) groups excluding carboxylic acids is 1. The molecule has 0 fully saturated rings. The molecule has 10 heteroatoms. The molecule has 0 aliphatic carbocycles. The van der Waals surface area contributed by atoms with Crippen molar-refractivity contribution in [3.63, 3.8) is 0 Å². The Hall–Kier alpha value is -3.04. The predicted molar refractivity (Wildman–Crippen MR) is 98.7 cm³/mol. The van der Waals surface area contributed by atoms with Crippen LogP contribution < -0.4 is 5.32 Å². The summed E-state index contributed by atoms with van der Waals surface area (Å²) in [4.78, 5) is 16.4. The zero-order chi connectivity index (χ0) is 22.3. The maximum absolute atomic E-state index is 13.2. The Morgan fingerprint density at radius 2 is 1.63 bits per heavy atom. The Morgan fingerprint density at radius 1 is 1.00 bits per heavy atom. The van der Waals surface area contributed by atoms with Crippen molar-refractivity contribution in [3.8, 4) is 11.3 Å². The summed E-state index contributed by atoms with van der Waals surface area (Å²) in [5, 5.41) is 2.33. The molecule has 3 aromatic rings. The lowest BCUT2D eigenvalue weighted by atomic mass is 9.88. The first kappa shape index (κ1) is 21.7. The first-order chi connectivity index (χ1) is 13.8. The molecule has 0 radical (unpaired) electrons. The minimum Gasteiger partial charge on any atom is -0.309 e. The van der Waals surface area contributed by atoms with Crippen molar-refractivity contribution < 1.29 is 31.1 Å². The second kappa shape index (κ2) is 7.33. The molecule has 0 aliphatic rings. The van der Waals surface area contributed by atoms with Gasteiger partial charge in [0.05, 0.1) is 16.7 Å². The van der Waals surface area contributed by atoms with Crippen LogP contribution >= 0.6 is 0 Å². The van der Waals surface area contributed by atoms with Crippen molar-refractivity contribution in [2.24, 2.45) is 5.41 Å². The molecule has 0 bridgehead atoms. The highest BCUT2D eigenvalue weighted by Crippen LogP contribution is 2.41. The Balaban J connectivity index is 2.07. The number of pyridine rings is 1. The van der Waals surface area contributed by atoms with Crippen LogP contribution in [0.3, 0.4) is 0 Å². The summed E-state index contributed by atoms with van der Waals surface area (Å²) in [6, 6.07) is 10.1. The highest BCUT2D eigenvalue weighted by molar-refractivity contribution is 5.94. The number of hydrogen-bond acceptors (Lipinski definition) is 2. The summed E-state index contributed by atoms with van der Waals surface area (Å²) in [6.45, 7) is 1.79. The lowest BCUT2D eigenvalue weighted by Crippen LogP contribution is -2.36. The number of amides is 1. The third kappa shape index (κ3) is 4.27. The number of aromatic nitrogens is 2. The molecule has 0 aliphatic heterocycles. The third-order valence-electron chi connectivity index (χ3n) is 4.62.